The van der Waals surface area contributed by atoms with Crippen molar-refractivity contribution in [3.63, 3.8) is 0 Å². The van der Waals surface area contributed by atoms with Gasteiger partial charge in [0.2, 0.25) is 0 Å². The summed E-state index contributed by atoms with van der Waals surface area (Å²) < 4.78 is 0. The van der Waals surface area contributed by atoms with Crippen molar-refractivity contribution < 1.29 is 5.11 Å². The SMILES string of the molecule is C[Si](C)(C)C[C@@H]1CCC2CCC[C@@]21O. The minimum Gasteiger partial charge on any atom is -0.389 e. The first-order chi connectivity index (χ1) is 6.42. The largest absolute Gasteiger partial charge is 0.389 e. The van der Waals surface area contributed by atoms with Gasteiger partial charge < -0.3 is 5.11 Å². The van der Waals surface area contributed by atoms with Crippen molar-refractivity contribution in [2.45, 2.75) is 63.4 Å². The van der Waals surface area contributed by atoms with E-state index in [0.717, 1.165) is 6.42 Å². The van der Waals surface area contributed by atoms with Crippen LogP contribution in [-0.2, 0) is 0 Å². The molecular weight excluding hydrogens is 188 g/mol. The van der Waals surface area contributed by atoms with Gasteiger partial charge in [-0.15, -0.1) is 0 Å². The molecule has 2 aliphatic carbocycles. The molecule has 0 radical (unpaired) electrons. The summed E-state index contributed by atoms with van der Waals surface area (Å²) in [6.07, 6.45) is 6.24. The summed E-state index contributed by atoms with van der Waals surface area (Å²) in [6.45, 7) is 7.29. The van der Waals surface area contributed by atoms with E-state index in [2.05, 4.69) is 19.6 Å². The topological polar surface area (TPSA) is 20.2 Å². The fourth-order valence-corrected chi connectivity index (χ4v) is 5.72. The summed E-state index contributed by atoms with van der Waals surface area (Å²) in [5.74, 6) is 1.30. The second-order valence-electron chi connectivity index (χ2n) is 6.62. The van der Waals surface area contributed by atoms with Crippen LogP contribution in [0, 0.1) is 11.8 Å². The lowest BCUT2D eigenvalue weighted by atomic mass is 9.88. The zero-order valence-corrected chi connectivity index (χ0v) is 10.8. The van der Waals surface area contributed by atoms with Crippen molar-refractivity contribution in [2.75, 3.05) is 0 Å². The molecule has 0 amide bonds. The third kappa shape index (κ3) is 1.79. The van der Waals surface area contributed by atoms with Gasteiger partial charge in [0, 0.05) is 8.07 Å². The standard InChI is InChI=1S/C12H24OSi/c1-14(2,3)9-11-7-6-10-5-4-8-12(10,11)13/h10-11,13H,4-9H2,1-3H3/t10?,11-,12+/m0/s1. The Bertz CT molecular complexity index is 221. The highest BCUT2D eigenvalue weighted by atomic mass is 28.3. The van der Waals surface area contributed by atoms with E-state index in [-0.39, 0.29) is 5.60 Å². The maximum Gasteiger partial charge on any atom is 0.0701 e. The van der Waals surface area contributed by atoms with E-state index < -0.39 is 8.07 Å². The Balaban J connectivity index is 2.07. The molecule has 1 nitrogen and oxygen atoms in total. The first kappa shape index (κ1) is 10.7. The van der Waals surface area contributed by atoms with Gasteiger partial charge in [0.05, 0.1) is 5.60 Å². The summed E-state index contributed by atoms with van der Waals surface area (Å²) in [5.41, 5.74) is -0.236. The van der Waals surface area contributed by atoms with Crippen LogP contribution < -0.4 is 0 Å². The van der Waals surface area contributed by atoms with E-state index in [1.165, 1.54) is 31.7 Å². The zero-order valence-electron chi connectivity index (χ0n) is 9.84. The van der Waals surface area contributed by atoms with E-state index in [4.69, 9.17) is 0 Å². The Morgan fingerprint density at radius 2 is 1.93 bits per heavy atom. The van der Waals surface area contributed by atoms with Crippen molar-refractivity contribution >= 4 is 8.07 Å². The predicted octanol–water partition coefficient (Wildman–Crippen LogP) is 3.27. The lowest BCUT2D eigenvalue weighted by Crippen LogP contribution is -2.39. The third-order valence-electron chi connectivity index (χ3n) is 4.27. The highest BCUT2D eigenvalue weighted by Crippen LogP contribution is 2.53. The molecule has 3 atom stereocenters. The van der Waals surface area contributed by atoms with Crippen LogP contribution in [0.4, 0.5) is 0 Å². The fraction of sp³-hybridized carbons (Fsp3) is 1.00. The molecule has 2 aliphatic rings. The molecule has 1 unspecified atom stereocenters. The second kappa shape index (κ2) is 3.34. The molecule has 82 valence electrons. The molecule has 2 fully saturated rings. The molecule has 14 heavy (non-hydrogen) atoms. The minimum atomic E-state index is -0.989. The Morgan fingerprint density at radius 3 is 2.57 bits per heavy atom. The van der Waals surface area contributed by atoms with E-state index >= 15 is 0 Å². The molecule has 0 spiro atoms. The molecule has 0 aromatic heterocycles. The van der Waals surface area contributed by atoms with Gasteiger partial charge in [0.25, 0.3) is 0 Å². The van der Waals surface area contributed by atoms with Crippen molar-refractivity contribution in [3.8, 4) is 0 Å². The Morgan fingerprint density at radius 1 is 1.21 bits per heavy atom. The number of fused-ring (bicyclic) bond motifs is 1. The molecule has 0 aromatic carbocycles. The predicted molar refractivity (Wildman–Crippen MR) is 63.2 cm³/mol. The number of hydrogen-bond donors (Lipinski definition) is 1. The molecule has 0 heterocycles. The van der Waals surface area contributed by atoms with Crippen LogP contribution in [0.1, 0.15) is 32.1 Å². The second-order valence-corrected chi connectivity index (χ2v) is 12.1. The molecule has 0 saturated heterocycles. The molecule has 0 aliphatic heterocycles. The van der Waals surface area contributed by atoms with E-state index in [1.54, 1.807) is 0 Å². The van der Waals surface area contributed by atoms with E-state index in [1.807, 2.05) is 0 Å². The van der Waals surface area contributed by atoms with Gasteiger partial charge in [0.15, 0.2) is 0 Å². The van der Waals surface area contributed by atoms with Gasteiger partial charge in [-0.05, 0) is 37.5 Å². The maximum absolute atomic E-state index is 10.7. The Labute approximate surface area is 88.9 Å². The monoisotopic (exact) mass is 212 g/mol. The number of rotatable bonds is 2. The van der Waals surface area contributed by atoms with Gasteiger partial charge in [-0.25, -0.2) is 0 Å². The Kier molecular flexibility index (Phi) is 2.55. The van der Waals surface area contributed by atoms with E-state index in [9.17, 15) is 5.11 Å². The van der Waals surface area contributed by atoms with Crippen LogP contribution in [0.15, 0.2) is 0 Å². The van der Waals surface area contributed by atoms with Gasteiger partial charge in [-0.1, -0.05) is 32.1 Å². The van der Waals surface area contributed by atoms with Gasteiger partial charge >= 0.3 is 0 Å². The van der Waals surface area contributed by atoms with E-state index in [0.29, 0.717) is 11.8 Å². The van der Waals surface area contributed by atoms with Crippen LogP contribution in [0.5, 0.6) is 0 Å². The summed E-state index contributed by atoms with van der Waals surface area (Å²) in [6, 6.07) is 1.33. The Hall–Kier alpha value is 0.177. The number of aliphatic hydroxyl groups is 1. The van der Waals surface area contributed by atoms with Gasteiger partial charge in [0.1, 0.15) is 0 Å². The fourth-order valence-electron chi connectivity index (χ4n) is 3.69. The van der Waals surface area contributed by atoms with Crippen LogP contribution in [0.25, 0.3) is 0 Å². The first-order valence-electron chi connectivity index (χ1n) is 6.14. The normalized spacial score (nSPS) is 42.9. The van der Waals surface area contributed by atoms with Gasteiger partial charge in [-0.3, -0.25) is 0 Å². The zero-order chi connectivity index (χ0) is 10.4. The summed E-state index contributed by atoms with van der Waals surface area (Å²) >= 11 is 0. The molecule has 0 aromatic rings. The quantitative estimate of drug-likeness (QED) is 0.697. The summed E-state index contributed by atoms with van der Waals surface area (Å²) in [5, 5.41) is 10.7. The maximum atomic E-state index is 10.7. The number of hydrogen-bond acceptors (Lipinski definition) is 1. The van der Waals surface area contributed by atoms with Gasteiger partial charge in [-0.2, -0.15) is 0 Å². The summed E-state index contributed by atoms with van der Waals surface area (Å²) in [4.78, 5) is 0. The molecule has 2 saturated carbocycles. The average molecular weight is 212 g/mol. The summed E-state index contributed by atoms with van der Waals surface area (Å²) in [7, 11) is -0.989. The highest BCUT2D eigenvalue weighted by molar-refractivity contribution is 6.76. The molecule has 2 heteroatoms. The molecule has 1 N–H and O–H groups in total. The van der Waals surface area contributed by atoms with Crippen molar-refractivity contribution in [2.24, 2.45) is 11.8 Å². The lowest BCUT2D eigenvalue weighted by molar-refractivity contribution is -0.0124. The smallest absolute Gasteiger partial charge is 0.0701 e. The van der Waals surface area contributed by atoms with Crippen LogP contribution in [0.3, 0.4) is 0 Å². The first-order valence-corrected chi connectivity index (χ1v) is 9.85. The third-order valence-corrected chi connectivity index (χ3v) is 5.98. The van der Waals surface area contributed by atoms with Crippen molar-refractivity contribution in [1.29, 1.82) is 0 Å². The van der Waals surface area contributed by atoms with Crippen LogP contribution in [-0.4, -0.2) is 18.8 Å². The lowest BCUT2D eigenvalue weighted by Gasteiger charge is -2.33. The minimum absolute atomic E-state index is 0.236. The average Bonchev–Trinajstić information content (AvgIpc) is 2.49. The molecular formula is C12H24OSi. The molecule has 0 bridgehead atoms. The molecule has 2 rings (SSSR count). The van der Waals surface area contributed by atoms with Crippen LogP contribution >= 0.6 is 0 Å². The van der Waals surface area contributed by atoms with Crippen LogP contribution in [0.2, 0.25) is 25.7 Å². The highest BCUT2D eigenvalue weighted by Gasteiger charge is 2.51. The van der Waals surface area contributed by atoms with Crippen molar-refractivity contribution in [3.05, 3.63) is 0 Å². The van der Waals surface area contributed by atoms with Crippen molar-refractivity contribution in [1.82, 2.24) is 0 Å².